The van der Waals surface area contributed by atoms with Crippen LogP contribution in [-0.2, 0) is 4.79 Å². The minimum atomic E-state index is -0.191. The third-order valence-electron chi connectivity index (χ3n) is 4.53. The number of aromatic nitrogens is 2. The summed E-state index contributed by atoms with van der Waals surface area (Å²) >= 11 is 0. The molecule has 1 atom stereocenters. The molecule has 0 aliphatic heterocycles. The number of ether oxygens (including phenoxy) is 2. The first-order chi connectivity index (χ1) is 13.1. The second kappa shape index (κ2) is 11.3. The monoisotopic (exact) mass is 370 g/mol. The van der Waals surface area contributed by atoms with Gasteiger partial charge in [-0.05, 0) is 43.0 Å². The van der Waals surface area contributed by atoms with Crippen LogP contribution in [0.15, 0.2) is 36.7 Å². The fraction of sp³-hybridized carbons (Fsp3) is 0.500. The van der Waals surface area contributed by atoms with Crippen LogP contribution in [0.5, 0.6) is 11.5 Å². The summed E-state index contributed by atoms with van der Waals surface area (Å²) < 4.78 is 11.0. The second-order valence-corrected chi connectivity index (χ2v) is 6.85. The number of hydrogen-bond acceptors (Lipinski definition) is 5. The summed E-state index contributed by atoms with van der Waals surface area (Å²) in [4.78, 5) is 20.6. The topological polar surface area (TPSA) is 61.3 Å². The van der Waals surface area contributed by atoms with E-state index in [-0.39, 0.29) is 5.97 Å². The van der Waals surface area contributed by atoms with E-state index in [9.17, 15) is 4.79 Å². The molecule has 0 aliphatic rings. The van der Waals surface area contributed by atoms with E-state index in [2.05, 4.69) is 30.7 Å². The third kappa shape index (κ3) is 7.37. The van der Waals surface area contributed by atoms with Crippen molar-refractivity contribution in [1.82, 2.24) is 9.97 Å². The van der Waals surface area contributed by atoms with E-state index < -0.39 is 0 Å². The van der Waals surface area contributed by atoms with E-state index in [0.29, 0.717) is 36.3 Å². The molecule has 0 N–H and O–H groups in total. The molecule has 5 heteroatoms. The molecule has 1 unspecified atom stereocenters. The van der Waals surface area contributed by atoms with Gasteiger partial charge in [0.1, 0.15) is 5.75 Å². The molecule has 2 aromatic rings. The molecule has 0 bridgehead atoms. The van der Waals surface area contributed by atoms with Crippen LogP contribution in [-0.4, -0.2) is 22.5 Å². The molecule has 0 saturated carbocycles. The number of carbonyl (C=O) groups excluding carboxylic acids is 1. The smallest absolute Gasteiger partial charge is 0.311 e. The Morgan fingerprint density at radius 1 is 1.04 bits per heavy atom. The number of nitrogens with zero attached hydrogens (tertiary/aromatic N) is 2. The summed E-state index contributed by atoms with van der Waals surface area (Å²) in [6.07, 6.45) is 9.12. The third-order valence-corrected chi connectivity index (χ3v) is 4.53. The highest BCUT2D eigenvalue weighted by Gasteiger charge is 2.09. The molecular formula is C22H30N2O3. The van der Waals surface area contributed by atoms with Crippen molar-refractivity contribution in [3.8, 4) is 22.9 Å². The van der Waals surface area contributed by atoms with Crippen LogP contribution < -0.4 is 9.47 Å². The summed E-state index contributed by atoms with van der Waals surface area (Å²) in [5.41, 5.74) is 0.868. The highest BCUT2D eigenvalue weighted by Crippen LogP contribution is 2.21. The van der Waals surface area contributed by atoms with Gasteiger partial charge in [-0.15, -0.1) is 0 Å². The van der Waals surface area contributed by atoms with E-state index in [1.807, 2.05) is 12.1 Å². The van der Waals surface area contributed by atoms with Gasteiger partial charge in [0.05, 0.1) is 19.0 Å². The van der Waals surface area contributed by atoms with Gasteiger partial charge in [0.2, 0.25) is 0 Å². The Kier molecular flexibility index (Phi) is 8.75. The van der Waals surface area contributed by atoms with E-state index in [4.69, 9.17) is 9.47 Å². The fourth-order valence-electron chi connectivity index (χ4n) is 2.50. The molecule has 0 fully saturated rings. The maximum atomic E-state index is 11.9. The number of benzene rings is 1. The van der Waals surface area contributed by atoms with Crippen molar-refractivity contribution >= 4 is 5.97 Å². The fourth-order valence-corrected chi connectivity index (χ4v) is 2.50. The van der Waals surface area contributed by atoms with Crippen molar-refractivity contribution in [2.75, 3.05) is 6.61 Å². The molecule has 2 rings (SSSR count). The molecule has 1 aromatic carbocycles. The number of hydrogen-bond donors (Lipinski definition) is 0. The Morgan fingerprint density at radius 2 is 1.74 bits per heavy atom. The molecule has 146 valence electrons. The van der Waals surface area contributed by atoms with Gasteiger partial charge >= 0.3 is 5.97 Å². The number of carbonyl (C=O) groups is 1. The summed E-state index contributed by atoms with van der Waals surface area (Å²) in [5.74, 6) is 2.19. The maximum absolute atomic E-state index is 11.9. The Labute approximate surface area is 162 Å². The first kappa shape index (κ1) is 20.9. The van der Waals surface area contributed by atoms with Crippen LogP contribution >= 0.6 is 0 Å². The van der Waals surface area contributed by atoms with Gasteiger partial charge in [0.15, 0.2) is 11.6 Å². The number of esters is 1. The van der Waals surface area contributed by atoms with E-state index in [1.165, 1.54) is 6.42 Å². The Hall–Kier alpha value is -2.43. The molecule has 0 spiro atoms. The van der Waals surface area contributed by atoms with Crippen LogP contribution in [0, 0.1) is 5.92 Å². The molecule has 1 aromatic heterocycles. The van der Waals surface area contributed by atoms with Crippen molar-refractivity contribution in [2.45, 2.75) is 59.3 Å². The van der Waals surface area contributed by atoms with Gasteiger partial charge in [0, 0.05) is 12.0 Å². The standard InChI is InChI=1S/C22H30N2O3/c1-4-6-7-14-26-20-15-23-22(24-16-20)18-9-11-19(12-10-18)27-21(25)13-8-17(3)5-2/h9-12,15-17H,4-8,13-14H2,1-3H3. The molecule has 0 saturated heterocycles. The first-order valence-electron chi connectivity index (χ1n) is 9.88. The molecule has 0 radical (unpaired) electrons. The van der Waals surface area contributed by atoms with Gasteiger partial charge in [-0.3, -0.25) is 4.79 Å². The lowest BCUT2D eigenvalue weighted by atomic mass is 10.0. The maximum Gasteiger partial charge on any atom is 0.311 e. The Balaban J connectivity index is 1.86. The van der Waals surface area contributed by atoms with Gasteiger partial charge in [-0.2, -0.15) is 0 Å². The van der Waals surface area contributed by atoms with E-state index in [1.54, 1.807) is 24.5 Å². The highest BCUT2D eigenvalue weighted by atomic mass is 16.5. The second-order valence-electron chi connectivity index (χ2n) is 6.85. The zero-order valence-electron chi connectivity index (χ0n) is 16.6. The summed E-state index contributed by atoms with van der Waals surface area (Å²) in [6, 6.07) is 7.26. The van der Waals surface area contributed by atoms with Gasteiger partial charge < -0.3 is 9.47 Å². The minimum Gasteiger partial charge on any atom is -0.490 e. The lowest BCUT2D eigenvalue weighted by molar-refractivity contribution is -0.134. The molecule has 0 amide bonds. The number of unbranched alkanes of at least 4 members (excludes halogenated alkanes) is 2. The van der Waals surface area contributed by atoms with Gasteiger partial charge in [-0.1, -0.05) is 40.0 Å². The normalized spacial score (nSPS) is 11.8. The quantitative estimate of drug-likeness (QED) is 0.299. The Bertz CT molecular complexity index is 684. The summed E-state index contributed by atoms with van der Waals surface area (Å²) in [7, 11) is 0. The van der Waals surface area contributed by atoms with Crippen LogP contribution in [0.2, 0.25) is 0 Å². The van der Waals surface area contributed by atoms with Crippen molar-refractivity contribution in [3.05, 3.63) is 36.7 Å². The van der Waals surface area contributed by atoms with Crippen molar-refractivity contribution in [2.24, 2.45) is 5.92 Å². The first-order valence-corrected chi connectivity index (χ1v) is 9.88. The van der Waals surface area contributed by atoms with Crippen molar-refractivity contribution in [1.29, 1.82) is 0 Å². The van der Waals surface area contributed by atoms with Gasteiger partial charge in [-0.25, -0.2) is 9.97 Å². The van der Waals surface area contributed by atoms with Crippen LogP contribution in [0.1, 0.15) is 59.3 Å². The SMILES string of the molecule is CCCCCOc1cnc(-c2ccc(OC(=O)CCC(C)CC)cc2)nc1. The van der Waals surface area contributed by atoms with Gasteiger partial charge in [0.25, 0.3) is 0 Å². The van der Waals surface area contributed by atoms with Crippen LogP contribution in [0.25, 0.3) is 11.4 Å². The lowest BCUT2D eigenvalue weighted by Crippen LogP contribution is -2.09. The van der Waals surface area contributed by atoms with Crippen molar-refractivity contribution in [3.63, 3.8) is 0 Å². The predicted octanol–water partition coefficient (Wildman–Crippen LogP) is 5.44. The average molecular weight is 370 g/mol. The zero-order valence-corrected chi connectivity index (χ0v) is 16.6. The molecule has 5 nitrogen and oxygen atoms in total. The Morgan fingerprint density at radius 3 is 2.37 bits per heavy atom. The van der Waals surface area contributed by atoms with Crippen LogP contribution in [0.4, 0.5) is 0 Å². The molecular weight excluding hydrogens is 340 g/mol. The average Bonchev–Trinajstić information content (AvgIpc) is 2.70. The van der Waals surface area contributed by atoms with E-state index in [0.717, 1.165) is 31.2 Å². The van der Waals surface area contributed by atoms with Crippen molar-refractivity contribution < 1.29 is 14.3 Å². The lowest BCUT2D eigenvalue weighted by Gasteiger charge is -2.09. The zero-order chi connectivity index (χ0) is 19.5. The summed E-state index contributed by atoms with van der Waals surface area (Å²) in [6.45, 7) is 7.12. The van der Waals surface area contributed by atoms with Crippen LogP contribution in [0.3, 0.4) is 0 Å². The molecule has 1 heterocycles. The largest absolute Gasteiger partial charge is 0.490 e. The molecule has 0 aliphatic carbocycles. The molecule has 27 heavy (non-hydrogen) atoms. The number of rotatable bonds is 11. The summed E-state index contributed by atoms with van der Waals surface area (Å²) in [5, 5.41) is 0. The highest BCUT2D eigenvalue weighted by molar-refractivity contribution is 5.72. The predicted molar refractivity (Wildman–Crippen MR) is 107 cm³/mol. The minimum absolute atomic E-state index is 0.191. The van der Waals surface area contributed by atoms with E-state index >= 15 is 0 Å².